The van der Waals surface area contributed by atoms with Gasteiger partial charge in [-0.2, -0.15) is 0 Å². The van der Waals surface area contributed by atoms with Crippen LogP contribution in [0, 0.1) is 0 Å². The monoisotopic (exact) mass is 256 g/mol. The number of carbonyl (C=O) groups excluding carboxylic acids is 1. The van der Waals surface area contributed by atoms with E-state index in [1.165, 1.54) is 0 Å². The molecule has 5 heteroatoms. The molecule has 1 aromatic heterocycles. The van der Waals surface area contributed by atoms with Gasteiger partial charge >= 0.3 is 5.97 Å². The number of ether oxygens (including phenoxy) is 1. The molecule has 0 fully saturated rings. The minimum absolute atomic E-state index is 0.323. The van der Waals surface area contributed by atoms with Crippen LogP contribution < -0.4 is 10.1 Å². The van der Waals surface area contributed by atoms with E-state index >= 15 is 0 Å². The highest BCUT2D eigenvalue weighted by molar-refractivity contribution is 9.10. The maximum Gasteiger partial charge on any atom is 0.337 e. The summed E-state index contributed by atoms with van der Waals surface area (Å²) in [4.78, 5) is 15.5. The molecule has 0 saturated carbocycles. The number of rotatable bonds is 0. The van der Waals surface area contributed by atoms with E-state index in [1.54, 1.807) is 19.9 Å². The van der Waals surface area contributed by atoms with Crippen molar-refractivity contribution in [3.63, 3.8) is 0 Å². The van der Waals surface area contributed by atoms with Crippen LogP contribution in [0.1, 0.15) is 13.8 Å². The van der Waals surface area contributed by atoms with Gasteiger partial charge in [-0.05, 0) is 41.9 Å². The highest BCUT2D eigenvalue weighted by atomic mass is 79.9. The van der Waals surface area contributed by atoms with Gasteiger partial charge in [0, 0.05) is 0 Å². The molecule has 0 bridgehead atoms. The average Bonchev–Trinajstić information content (AvgIpc) is 2.08. The van der Waals surface area contributed by atoms with Crippen LogP contribution in [0.15, 0.2) is 16.7 Å². The van der Waals surface area contributed by atoms with E-state index < -0.39 is 5.54 Å². The smallest absolute Gasteiger partial charge is 0.337 e. The summed E-state index contributed by atoms with van der Waals surface area (Å²) in [6, 6.07) is 3.61. The standard InChI is InChI=1S/C9H9BrN2O2/c1-9(2)8(13)14-7-5(12-9)3-4-6(10)11-7/h3-4,12H,1-2H3. The number of esters is 1. The number of hydrogen-bond acceptors (Lipinski definition) is 4. The molecule has 0 saturated heterocycles. The number of carbonyl (C=O) groups is 1. The summed E-state index contributed by atoms with van der Waals surface area (Å²) in [7, 11) is 0. The third kappa shape index (κ3) is 1.48. The van der Waals surface area contributed by atoms with Crippen LogP contribution in [0.2, 0.25) is 0 Å². The van der Waals surface area contributed by atoms with E-state index in [4.69, 9.17) is 4.74 Å². The zero-order valence-corrected chi connectivity index (χ0v) is 9.38. The summed E-state index contributed by atoms with van der Waals surface area (Å²) in [5.74, 6) is -0.000648. The maximum absolute atomic E-state index is 11.4. The first kappa shape index (κ1) is 9.45. The van der Waals surface area contributed by atoms with Crippen molar-refractivity contribution in [2.24, 2.45) is 0 Å². The van der Waals surface area contributed by atoms with Gasteiger partial charge in [0.25, 0.3) is 0 Å². The van der Waals surface area contributed by atoms with Gasteiger partial charge < -0.3 is 10.1 Å². The van der Waals surface area contributed by atoms with E-state index in [0.29, 0.717) is 10.5 Å². The van der Waals surface area contributed by atoms with Gasteiger partial charge in [0.05, 0.1) is 5.69 Å². The normalized spacial score (nSPS) is 18.1. The maximum atomic E-state index is 11.4. The van der Waals surface area contributed by atoms with E-state index in [2.05, 4.69) is 26.2 Å². The van der Waals surface area contributed by atoms with Crippen molar-refractivity contribution >= 4 is 27.6 Å². The molecule has 0 atom stereocenters. The van der Waals surface area contributed by atoms with Crippen LogP contribution in [-0.4, -0.2) is 16.5 Å². The van der Waals surface area contributed by atoms with Crippen molar-refractivity contribution in [2.75, 3.05) is 5.32 Å². The molecule has 1 N–H and O–H groups in total. The first-order valence-corrected chi connectivity index (χ1v) is 4.95. The van der Waals surface area contributed by atoms with E-state index in [1.807, 2.05) is 6.07 Å². The minimum atomic E-state index is -0.692. The zero-order chi connectivity index (χ0) is 10.3. The Morgan fingerprint density at radius 2 is 2.21 bits per heavy atom. The molecule has 0 unspecified atom stereocenters. The van der Waals surface area contributed by atoms with Crippen molar-refractivity contribution in [3.8, 4) is 5.88 Å². The summed E-state index contributed by atoms with van der Waals surface area (Å²) in [6.45, 7) is 3.53. The van der Waals surface area contributed by atoms with Crippen LogP contribution in [0.25, 0.3) is 0 Å². The number of pyridine rings is 1. The zero-order valence-electron chi connectivity index (χ0n) is 7.80. The lowest BCUT2D eigenvalue weighted by molar-refractivity contribution is -0.139. The lowest BCUT2D eigenvalue weighted by Gasteiger charge is -2.30. The number of fused-ring (bicyclic) bond motifs is 1. The number of aromatic nitrogens is 1. The Balaban J connectivity index is 2.46. The molecular formula is C9H9BrN2O2. The fourth-order valence-corrected chi connectivity index (χ4v) is 1.49. The molecule has 0 aromatic carbocycles. The van der Waals surface area contributed by atoms with Gasteiger partial charge in [0.15, 0.2) is 0 Å². The Morgan fingerprint density at radius 1 is 1.50 bits per heavy atom. The van der Waals surface area contributed by atoms with Crippen molar-refractivity contribution < 1.29 is 9.53 Å². The molecule has 1 aliphatic heterocycles. The van der Waals surface area contributed by atoms with Crippen LogP contribution in [-0.2, 0) is 4.79 Å². The third-order valence-electron chi connectivity index (χ3n) is 1.97. The van der Waals surface area contributed by atoms with Crippen LogP contribution in [0.3, 0.4) is 0 Å². The third-order valence-corrected chi connectivity index (χ3v) is 2.41. The van der Waals surface area contributed by atoms with E-state index in [0.717, 1.165) is 5.69 Å². The Morgan fingerprint density at radius 3 is 2.93 bits per heavy atom. The largest absolute Gasteiger partial charge is 0.403 e. The molecular weight excluding hydrogens is 248 g/mol. The topological polar surface area (TPSA) is 51.2 Å². The van der Waals surface area contributed by atoms with Gasteiger partial charge in [0.2, 0.25) is 5.88 Å². The van der Waals surface area contributed by atoms with Gasteiger partial charge in [-0.25, -0.2) is 9.78 Å². The summed E-state index contributed by atoms with van der Waals surface area (Å²) in [5, 5.41) is 3.06. The molecule has 0 amide bonds. The molecule has 2 heterocycles. The van der Waals surface area contributed by atoms with Crippen molar-refractivity contribution in [3.05, 3.63) is 16.7 Å². The lowest BCUT2D eigenvalue weighted by Crippen LogP contribution is -2.46. The Bertz CT molecular complexity index is 404. The van der Waals surface area contributed by atoms with Crippen molar-refractivity contribution in [1.29, 1.82) is 0 Å². The van der Waals surface area contributed by atoms with Gasteiger partial charge in [-0.3, -0.25) is 0 Å². The second kappa shape index (κ2) is 2.95. The molecule has 4 nitrogen and oxygen atoms in total. The van der Waals surface area contributed by atoms with Gasteiger partial charge in [-0.1, -0.05) is 0 Å². The molecule has 0 aliphatic carbocycles. The quantitative estimate of drug-likeness (QED) is 0.570. The van der Waals surface area contributed by atoms with Crippen LogP contribution in [0.5, 0.6) is 5.88 Å². The highest BCUT2D eigenvalue weighted by Crippen LogP contribution is 2.32. The summed E-state index contributed by atoms with van der Waals surface area (Å²) in [6.07, 6.45) is 0. The van der Waals surface area contributed by atoms with Gasteiger partial charge in [0.1, 0.15) is 10.1 Å². The number of hydrogen-bond donors (Lipinski definition) is 1. The number of nitrogens with one attached hydrogen (secondary N) is 1. The summed E-state index contributed by atoms with van der Waals surface area (Å²) >= 11 is 3.21. The molecule has 2 rings (SSSR count). The van der Waals surface area contributed by atoms with Crippen LogP contribution in [0.4, 0.5) is 5.69 Å². The predicted molar refractivity (Wildman–Crippen MR) is 55.3 cm³/mol. The first-order chi connectivity index (χ1) is 6.49. The number of halogens is 1. The molecule has 0 spiro atoms. The highest BCUT2D eigenvalue weighted by Gasteiger charge is 2.35. The molecule has 1 aromatic rings. The van der Waals surface area contributed by atoms with E-state index in [9.17, 15) is 4.79 Å². The second-order valence-corrected chi connectivity index (χ2v) is 4.44. The minimum Gasteiger partial charge on any atom is -0.403 e. The summed E-state index contributed by atoms with van der Waals surface area (Å²) in [5.41, 5.74) is 0.0421. The fraction of sp³-hybridized carbons (Fsp3) is 0.333. The Labute approximate surface area is 89.8 Å². The average molecular weight is 257 g/mol. The first-order valence-electron chi connectivity index (χ1n) is 4.16. The predicted octanol–water partition coefficient (Wildman–Crippen LogP) is 1.95. The summed E-state index contributed by atoms with van der Waals surface area (Å²) < 4.78 is 5.73. The molecule has 14 heavy (non-hydrogen) atoms. The fourth-order valence-electron chi connectivity index (χ4n) is 1.19. The molecule has 74 valence electrons. The Hall–Kier alpha value is -1.10. The molecule has 1 aliphatic rings. The van der Waals surface area contributed by atoms with Crippen molar-refractivity contribution in [2.45, 2.75) is 19.4 Å². The van der Waals surface area contributed by atoms with Gasteiger partial charge in [-0.15, -0.1) is 0 Å². The number of anilines is 1. The van der Waals surface area contributed by atoms with E-state index in [-0.39, 0.29) is 5.97 Å². The molecule has 0 radical (unpaired) electrons. The second-order valence-electron chi connectivity index (χ2n) is 3.63. The number of nitrogens with zero attached hydrogens (tertiary/aromatic N) is 1. The Kier molecular flexibility index (Phi) is 1.99. The van der Waals surface area contributed by atoms with Crippen molar-refractivity contribution in [1.82, 2.24) is 4.98 Å². The SMILES string of the molecule is CC1(C)Nc2ccc(Br)nc2OC1=O. The van der Waals surface area contributed by atoms with Crippen LogP contribution >= 0.6 is 15.9 Å². The lowest BCUT2D eigenvalue weighted by atomic mass is 10.0.